The van der Waals surface area contributed by atoms with Crippen LogP contribution in [0.25, 0.3) is 0 Å². The van der Waals surface area contributed by atoms with Crippen molar-refractivity contribution in [2.75, 3.05) is 20.0 Å². The standard InChI is InChI=1S/C3H9NS/c1-4(2)3-5/h5H,3H2,1-2H3. The topological polar surface area (TPSA) is 3.24 Å². The molecule has 0 aromatic rings. The summed E-state index contributed by atoms with van der Waals surface area (Å²) in [6, 6.07) is 0. The third kappa shape index (κ3) is 4.31. The fourth-order valence-electron chi connectivity index (χ4n) is 0. The van der Waals surface area contributed by atoms with Gasteiger partial charge >= 0.3 is 0 Å². The Morgan fingerprint density at radius 2 is 1.80 bits per heavy atom. The Labute approximate surface area is 38.4 Å². The predicted molar refractivity (Wildman–Crippen MR) is 27.5 cm³/mol. The van der Waals surface area contributed by atoms with Crippen LogP contribution in [0, 0.1) is 0 Å². The summed E-state index contributed by atoms with van der Waals surface area (Å²) in [5.41, 5.74) is 0. The van der Waals surface area contributed by atoms with Gasteiger partial charge in [-0.15, -0.1) is 0 Å². The molecular weight excluding hydrogens is 82.1 g/mol. The van der Waals surface area contributed by atoms with Crippen molar-refractivity contribution in [3.8, 4) is 0 Å². The van der Waals surface area contributed by atoms with Crippen molar-refractivity contribution in [2.45, 2.75) is 0 Å². The normalized spacial score (nSPS) is 9.60. The van der Waals surface area contributed by atoms with Crippen LogP contribution >= 0.6 is 12.6 Å². The second-order valence-electron chi connectivity index (χ2n) is 1.22. The van der Waals surface area contributed by atoms with E-state index in [1.54, 1.807) is 0 Å². The maximum atomic E-state index is 3.94. The summed E-state index contributed by atoms with van der Waals surface area (Å²) >= 11 is 3.94. The lowest BCUT2D eigenvalue weighted by Crippen LogP contribution is -2.06. The van der Waals surface area contributed by atoms with E-state index in [1.165, 1.54) is 0 Å². The van der Waals surface area contributed by atoms with E-state index in [-0.39, 0.29) is 0 Å². The van der Waals surface area contributed by atoms with E-state index in [0.717, 1.165) is 5.88 Å². The van der Waals surface area contributed by atoms with Crippen LogP contribution in [-0.4, -0.2) is 24.9 Å². The number of hydrogen-bond acceptors (Lipinski definition) is 2. The highest BCUT2D eigenvalue weighted by Gasteiger charge is 1.72. The Morgan fingerprint density at radius 1 is 1.60 bits per heavy atom. The van der Waals surface area contributed by atoms with Gasteiger partial charge in [0.25, 0.3) is 0 Å². The molecule has 0 spiro atoms. The van der Waals surface area contributed by atoms with E-state index in [2.05, 4.69) is 12.6 Å². The van der Waals surface area contributed by atoms with Crippen molar-refractivity contribution in [1.82, 2.24) is 4.90 Å². The summed E-state index contributed by atoms with van der Waals surface area (Å²) in [4.78, 5) is 1.99. The first-order valence-corrected chi connectivity index (χ1v) is 2.16. The maximum Gasteiger partial charge on any atom is 0.0408 e. The average molecular weight is 91.2 g/mol. The van der Waals surface area contributed by atoms with Gasteiger partial charge in [0.05, 0.1) is 0 Å². The van der Waals surface area contributed by atoms with Gasteiger partial charge in [-0.2, -0.15) is 12.6 Å². The molecule has 0 unspecified atom stereocenters. The quantitative estimate of drug-likeness (QED) is 0.362. The Hall–Kier alpha value is 0.310. The van der Waals surface area contributed by atoms with E-state index in [0.29, 0.717) is 0 Å². The minimum Gasteiger partial charge on any atom is -0.300 e. The van der Waals surface area contributed by atoms with E-state index in [9.17, 15) is 0 Å². The van der Waals surface area contributed by atoms with Gasteiger partial charge in [-0.05, 0) is 14.1 Å². The minimum atomic E-state index is 0.833. The van der Waals surface area contributed by atoms with Gasteiger partial charge < -0.3 is 4.90 Å². The van der Waals surface area contributed by atoms with Crippen LogP contribution in [-0.2, 0) is 0 Å². The highest BCUT2D eigenvalue weighted by molar-refractivity contribution is 7.80. The molecule has 2 heteroatoms. The molecule has 0 amide bonds. The smallest absolute Gasteiger partial charge is 0.0408 e. The molecule has 0 radical (unpaired) electrons. The molecule has 0 bridgehead atoms. The van der Waals surface area contributed by atoms with Crippen LogP contribution < -0.4 is 0 Å². The van der Waals surface area contributed by atoms with Gasteiger partial charge in [-0.25, -0.2) is 0 Å². The molecule has 5 heavy (non-hydrogen) atoms. The second-order valence-corrected chi connectivity index (χ2v) is 1.50. The molecular formula is C3H9NS. The molecule has 0 N–H and O–H groups in total. The summed E-state index contributed by atoms with van der Waals surface area (Å²) in [6.07, 6.45) is 0. The Morgan fingerprint density at radius 3 is 1.80 bits per heavy atom. The Balaban J connectivity index is 2.54. The van der Waals surface area contributed by atoms with Crippen LogP contribution in [0.3, 0.4) is 0 Å². The predicted octanol–water partition coefficient (Wildman–Crippen LogP) is 0.435. The third-order valence-electron chi connectivity index (χ3n) is 0.283. The van der Waals surface area contributed by atoms with Gasteiger partial charge in [0, 0.05) is 5.88 Å². The second kappa shape index (κ2) is 2.54. The lowest BCUT2D eigenvalue weighted by Gasteiger charge is -1.99. The number of nitrogens with zero attached hydrogens (tertiary/aromatic N) is 1. The van der Waals surface area contributed by atoms with Crippen LogP contribution in [0.5, 0.6) is 0 Å². The zero-order valence-electron chi connectivity index (χ0n) is 3.60. The van der Waals surface area contributed by atoms with Crippen LogP contribution in [0.4, 0.5) is 0 Å². The first-order valence-electron chi connectivity index (χ1n) is 1.53. The fourth-order valence-corrected chi connectivity index (χ4v) is 0. The summed E-state index contributed by atoms with van der Waals surface area (Å²) in [5.74, 6) is 0.833. The average Bonchev–Trinajstić information content (AvgIpc) is 1.38. The molecule has 32 valence electrons. The zero-order valence-corrected chi connectivity index (χ0v) is 4.50. The lowest BCUT2D eigenvalue weighted by molar-refractivity contribution is 0.487. The highest BCUT2D eigenvalue weighted by Crippen LogP contribution is 1.72. The fraction of sp³-hybridized carbons (Fsp3) is 1.00. The monoisotopic (exact) mass is 91.0 g/mol. The SMILES string of the molecule is CN(C)CS. The maximum absolute atomic E-state index is 3.94. The minimum absolute atomic E-state index is 0.833. The molecule has 0 saturated heterocycles. The van der Waals surface area contributed by atoms with E-state index < -0.39 is 0 Å². The molecule has 0 aromatic carbocycles. The van der Waals surface area contributed by atoms with Crippen LogP contribution in [0.2, 0.25) is 0 Å². The number of rotatable bonds is 1. The zero-order chi connectivity index (χ0) is 4.28. The summed E-state index contributed by atoms with van der Waals surface area (Å²) < 4.78 is 0. The van der Waals surface area contributed by atoms with Crippen molar-refractivity contribution in [3.63, 3.8) is 0 Å². The molecule has 0 heterocycles. The molecule has 0 aliphatic carbocycles. The van der Waals surface area contributed by atoms with Gasteiger partial charge in [0.1, 0.15) is 0 Å². The third-order valence-corrected chi connectivity index (χ3v) is 0.849. The largest absolute Gasteiger partial charge is 0.300 e. The van der Waals surface area contributed by atoms with E-state index >= 15 is 0 Å². The van der Waals surface area contributed by atoms with Gasteiger partial charge in [0.2, 0.25) is 0 Å². The van der Waals surface area contributed by atoms with Crippen LogP contribution in [0.15, 0.2) is 0 Å². The molecule has 0 aliphatic heterocycles. The lowest BCUT2D eigenvalue weighted by atomic mass is 11.0. The van der Waals surface area contributed by atoms with Gasteiger partial charge in [-0.3, -0.25) is 0 Å². The Bertz CT molecular complexity index is 20.9. The summed E-state index contributed by atoms with van der Waals surface area (Å²) in [6.45, 7) is 0. The van der Waals surface area contributed by atoms with Gasteiger partial charge in [0.15, 0.2) is 0 Å². The summed E-state index contributed by atoms with van der Waals surface area (Å²) in [7, 11) is 3.96. The Kier molecular flexibility index (Phi) is 2.70. The van der Waals surface area contributed by atoms with Gasteiger partial charge in [-0.1, -0.05) is 0 Å². The highest BCUT2D eigenvalue weighted by atomic mass is 32.1. The molecule has 0 rings (SSSR count). The molecule has 0 aromatic heterocycles. The van der Waals surface area contributed by atoms with Crippen molar-refractivity contribution >= 4 is 12.6 Å². The number of thiol groups is 1. The van der Waals surface area contributed by atoms with Crippen molar-refractivity contribution < 1.29 is 0 Å². The van der Waals surface area contributed by atoms with Crippen molar-refractivity contribution in [1.29, 1.82) is 0 Å². The first kappa shape index (κ1) is 5.31. The molecule has 0 aliphatic rings. The van der Waals surface area contributed by atoms with Crippen molar-refractivity contribution in [2.24, 2.45) is 0 Å². The molecule has 0 fully saturated rings. The number of hydrogen-bond donors (Lipinski definition) is 1. The molecule has 0 atom stereocenters. The van der Waals surface area contributed by atoms with Crippen LogP contribution in [0.1, 0.15) is 0 Å². The first-order chi connectivity index (χ1) is 2.27. The summed E-state index contributed by atoms with van der Waals surface area (Å²) in [5, 5.41) is 0. The van der Waals surface area contributed by atoms with Crippen molar-refractivity contribution in [3.05, 3.63) is 0 Å². The van der Waals surface area contributed by atoms with E-state index in [1.807, 2.05) is 19.0 Å². The van der Waals surface area contributed by atoms with E-state index in [4.69, 9.17) is 0 Å². The molecule has 1 nitrogen and oxygen atoms in total. The molecule has 0 saturated carbocycles.